The monoisotopic (exact) mass is 330 g/mol. The molecular formula is C17H22N4O3. The van der Waals surface area contributed by atoms with E-state index in [1.54, 1.807) is 14.2 Å². The van der Waals surface area contributed by atoms with E-state index in [9.17, 15) is 0 Å². The number of rotatable bonds is 4. The molecule has 1 aromatic carbocycles. The lowest BCUT2D eigenvalue weighted by molar-refractivity contribution is 0.249. The van der Waals surface area contributed by atoms with Crippen molar-refractivity contribution < 1.29 is 13.9 Å². The quantitative estimate of drug-likeness (QED) is 0.850. The molecule has 3 saturated heterocycles. The number of hydrogen-bond donors (Lipinski definition) is 0. The van der Waals surface area contributed by atoms with E-state index in [1.807, 2.05) is 18.2 Å². The Morgan fingerprint density at radius 2 is 1.79 bits per heavy atom. The molecule has 0 amide bonds. The van der Waals surface area contributed by atoms with Gasteiger partial charge in [-0.25, -0.2) is 0 Å². The van der Waals surface area contributed by atoms with E-state index >= 15 is 0 Å². The molecule has 24 heavy (non-hydrogen) atoms. The minimum Gasteiger partial charge on any atom is -0.493 e. The standard InChI is InChI=1S/C17H22N4O3/c1-22-14-4-3-12(11-15(14)23-2)16-18-19-17(24-16)21-10-9-20-7-5-13(21)6-8-20/h3-4,11,13H,5-10H2,1-2H3. The van der Waals surface area contributed by atoms with Gasteiger partial charge in [-0.05, 0) is 31.0 Å². The summed E-state index contributed by atoms with van der Waals surface area (Å²) in [5.41, 5.74) is 0.828. The highest BCUT2D eigenvalue weighted by atomic mass is 16.5. The van der Waals surface area contributed by atoms with Crippen molar-refractivity contribution in [2.75, 3.05) is 45.3 Å². The van der Waals surface area contributed by atoms with Crippen molar-refractivity contribution in [2.24, 2.45) is 0 Å². The van der Waals surface area contributed by atoms with E-state index in [2.05, 4.69) is 20.0 Å². The van der Waals surface area contributed by atoms with Gasteiger partial charge in [0.1, 0.15) is 0 Å². The Hall–Kier alpha value is -2.28. The van der Waals surface area contributed by atoms with Crippen LogP contribution in [0.3, 0.4) is 0 Å². The summed E-state index contributed by atoms with van der Waals surface area (Å²) in [5, 5.41) is 8.53. The third kappa shape index (κ3) is 2.69. The number of benzene rings is 1. The summed E-state index contributed by atoms with van der Waals surface area (Å²) in [5.74, 6) is 1.83. The van der Waals surface area contributed by atoms with Gasteiger partial charge in [-0.3, -0.25) is 0 Å². The molecule has 0 saturated carbocycles. The highest BCUT2D eigenvalue weighted by molar-refractivity contribution is 5.60. The van der Waals surface area contributed by atoms with Crippen LogP contribution >= 0.6 is 0 Å². The molecule has 3 fully saturated rings. The number of aromatic nitrogens is 2. The average molecular weight is 330 g/mol. The second-order valence-electron chi connectivity index (χ2n) is 6.23. The molecule has 0 radical (unpaired) electrons. The van der Waals surface area contributed by atoms with Crippen molar-refractivity contribution in [2.45, 2.75) is 18.9 Å². The third-order valence-electron chi connectivity index (χ3n) is 4.95. The first-order valence-electron chi connectivity index (χ1n) is 8.33. The molecule has 0 N–H and O–H groups in total. The second kappa shape index (κ2) is 6.32. The van der Waals surface area contributed by atoms with Crippen LogP contribution in [0.4, 0.5) is 6.01 Å². The van der Waals surface area contributed by atoms with Gasteiger partial charge in [-0.2, -0.15) is 0 Å². The minimum absolute atomic E-state index is 0.502. The number of hydrogen-bond acceptors (Lipinski definition) is 7. The van der Waals surface area contributed by atoms with Crippen molar-refractivity contribution in [3.8, 4) is 23.0 Å². The van der Waals surface area contributed by atoms with E-state index in [0.29, 0.717) is 29.4 Å². The fraction of sp³-hybridized carbons (Fsp3) is 0.529. The zero-order valence-corrected chi connectivity index (χ0v) is 14.1. The van der Waals surface area contributed by atoms with Crippen LogP contribution in [-0.2, 0) is 0 Å². The van der Waals surface area contributed by atoms with E-state index in [1.165, 1.54) is 0 Å². The molecule has 0 spiro atoms. The number of ether oxygens (including phenoxy) is 2. The van der Waals surface area contributed by atoms with Gasteiger partial charge in [0.2, 0.25) is 5.89 Å². The van der Waals surface area contributed by atoms with Gasteiger partial charge in [-0.1, -0.05) is 5.10 Å². The van der Waals surface area contributed by atoms with Gasteiger partial charge in [0.15, 0.2) is 11.5 Å². The SMILES string of the molecule is COc1ccc(-c2nnc(N3CCN4CCC3CC4)o2)cc1OC. The molecule has 0 unspecified atom stereocenters. The van der Waals surface area contributed by atoms with E-state index < -0.39 is 0 Å². The van der Waals surface area contributed by atoms with Crippen LogP contribution in [0.1, 0.15) is 12.8 Å². The van der Waals surface area contributed by atoms with Crippen LogP contribution in [0.5, 0.6) is 11.5 Å². The summed E-state index contributed by atoms with van der Waals surface area (Å²) in [6, 6.07) is 6.73. The summed E-state index contributed by atoms with van der Waals surface area (Å²) < 4.78 is 16.6. The zero-order valence-electron chi connectivity index (χ0n) is 14.1. The molecule has 1 aromatic heterocycles. The highest BCUT2D eigenvalue weighted by Crippen LogP contribution is 2.33. The molecule has 4 heterocycles. The van der Waals surface area contributed by atoms with E-state index in [4.69, 9.17) is 13.9 Å². The van der Waals surface area contributed by atoms with Crippen molar-refractivity contribution >= 4 is 6.01 Å². The van der Waals surface area contributed by atoms with Crippen molar-refractivity contribution in [3.05, 3.63) is 18.2 Å². The number of piperidine rings is 1. The molecule has 3 aliphatic heterocycles. The first kappa shape index (κ1) is 15.3. The number of methoxy groups -OCH3 is 2. The first-order valence-corrected chi connectivity index (χ1v) is 8.33. The first-order chi connectivity index (χ1) is 11.8. The lowest BCUT2D eigenvalue weighted by Crippen LogP contribution is -2.38. The minimum atomic E-state index is 0.502. The molecular weight excluding hydrogens is 308 g/mol. The normalized spacial score (nSPS) is 23.2. The van der Waals surface area contributed by atoms with E-state index in [0.717, 1.165) is 44.6 Å². The van der Waals surface area contributed by atoms with E-state index in [-0.39, 0.29) is 0 Å². The zero-order chi connectivity index (χ0) is 16.5. The largest absolute Gasteiger partial charge is 0.493 e. The Bertz CT molecular complexity index is 710. The van der Waals surface area contributed by atoms with Gasteiger partial charge in [0.05, 0.1) is 14.2 Å². The highest BCUT2D eigenvalue weighted by Gasteiger charge is 2.31. The molecule has 7 nitrogen and oxygen atoms in total. The lowest BCUT2D eigenvalue weighted by atomic mass is 10.1. The van der Waals surface area contributed by atoms with Crippen LogP contribution in [0, 0.1) is 0 Å². The number of anilines is 1. The Balaban J connectivity index is 1.60. The Morgan fingerprint density at radius 1 is 1.00 bits per heavy atom. The maximum Gasteiger partial charge on any atom is 0.318 e. The molecule has 5 rings (SSSR count). The van der Waals surface area contributed by atoms with Crippen LogP contribution < -0.4 is 14.4 Å². The van der Waals surface area contributed by atoms with Crippen LogP contribution in [0.25, 0.3) is 11.5 Å². The fourth-order valence-electron chi connectivity index (χ4n) is 3.56. The maximum absolute atomic E-state index is 5.98. The van der Waals surface area contributed by atoms with Crippen LogP contribution in [0.15, 0.2) is 22.6 Å². The fourth-order valence-corrected chi connectivity index (χ4v) is 3.56. The summed E-state index contributed by atoms with van der Waals surface area (Å²) in [7, 11) is 3.23. The average Bonchev–Trinajstić information content (AvgIpc) is 2.93. The smallest absolute Gasteiger partial charge is 0.318 e. The third-order valence-corrected chi connectivity index (χ3v) is 4.95. The summed E-state index contributed by atoms with van der Waals surface area (Å²) in [6.07, 6.45) is 2.32. The summed E-state index contributed by atoms with van der Waals surface area (Å²) in [6.45, 7) is 4.33. The van der Waals surface area contributed by atoms with Crippen molar-refractivity contribution in [1.82, 2.24) is 15.1 Å². The molecule has 3 aliphatic rings. The Morgan fingerprint density at radius 3 is 2.54 bits per heavy atom. The van der Waals surface area contributed by atoms with Gasteiger partial charge in [0.25, 0.3) is 0 Å². The summed E-state index contributed by atoms with van der Waals surface area (Å²) in [4.78, 5) is 4.77. The number of fused-ring (bicyclic) bond motifs is 4. The van der Waals surface area contributed by atoms with Crippen molar-refractivity contribution in [1.29, 1.82) is 0 Å². The Kier molecular flexibility index (Phi) is 4.02. The van der Waals surface area contributed by atoms with Crippen LogP contribution in [-0.4, -0.2) is 61.5 Å². The molecule has 2 aromatic rings. The Labute approximate surface area is 141 Å². The van der Waals surface area contributed by atoms with Crippen molar-refractivity contribution in [3.63, 3.8) is 0 Å². The maximum atomic E-state index is 5.98. The molecule has 0 aliphatic carbocycles. The number of nitrogens with zero attached hydrogens (tertiary/aromatic N) is 4. The predicted octanol–water partition coefficient (Wildman–Crippen LogP) is 2.04. The molecule has 128 valence electrons. The van der Waals surface area contributed by atoms with Gasteiger partial charge in [0, 0.05) is 37.8 Å². The topological polar surface area (TPSA) is 63.9 Å². The molecule has 2 bridgehead atoms. The van der Waals surface area contributed by atoms with Gasteiger partial charge >= 0.3 is 6.01 Å². The van der Waals surface area contributed by atoms with Gasteiger partial charge < -0.3 is 23.7 Å². The molecule has 0 atom stereocenters. The molecule has 7 heteroatoms. The second-order valence-corrected chi connectivity index (χ2v) is 6.23. The lowest BCUT2D eigenvalue weighted by Gasteiger charge is -2.29. The van der Waals surface area contributed by atoms with Gasteiger partial charge in [-0.15, -0.1) is 5.10 Å². The predicted molar refractivity (Wildman–Crippen MR) is 89.6 cm³/mol. The summed E-state index contributed by atoms with van der Waals surface area (Å²) >= 11 is 0. The van der Waals surface area contributed by atoms with Crippen LogP contribution in [0.2, 0.25) is 0 Å².